The number of rotatable bonds is 8. The van der Waals surface area contributed by atoms with Crippen molar-refractivity contribution in [2.24, 2.45) is 0 Å². The fourth-order valence-electron chi connectivity index (χ4n) is 1.80. The Labute approximate surface area is 129 Å². The average Bonchev–Trinajstić information content (AvgIpc) is 2.56. The second-order valence-electron chi connectivity index (χ2n) is 4.63. The molecule has 0 fully saturated rings. The Morgan fingerprint density at radius 3 is 2.68 bits per heavy atom. The van der Waals surface area contributed by atoms with Crippen LogP contribution in [-0.4, -0.2) is 36.2 Å². The number of nitrogens with zero attached hydrogens (tertiary/aromatic N) is 2. The Morgan fingerprint density at radius 2 is 2.00 bits per heavy atom. The number of hydrogen-bond acceptors (Lipinski definition) is 5. The second kappa shape index (κ2) is 8.74. The molecule has 1 N–H and O–H groups in total. The van der Waals surface area contributed by atoms with Gasteiger partial charge >= 0.3 is 0 Å². The highest BCUT2D eigenvalue weighted by Crippen LogP contribution is 2.12. The maximum Gasteiger partial charge on any atom is 0.224 e. The number of carbonyl (C=O) groups excluding carboxylic acids is 1. The van der Waals surface area contributed by atoms with Crippen LogP contribution in [0.15, 0.2) is 42.9 Å². The molecule has 0 aliphatic heterocycles. The van der Waals surface area contributed by atoms with Crippen molar-refractivity contribution in [3.05, 3.63) is 48.4 Å². The Balaban J connectivity index is 1.76. The van der Waals surface area contributed by atoms with Gasteiger partial charge in [0, 0.05) is 32.0 Å². The van der Waals surface area contributed by atoms with Crippen molar-refractivity contribution >= 4 is 11.6 Å². The summed E-state index contributed by atoms with van der Waals surface area (Å²) >= 11 is 0. The molecule has 2 aromatic heterocycles. The highest BCUT2D eigenvalue weighted by molar-refractivity contribution is 5.90. The zero-order valence-electron chi connectivity index (χ0n) is 12.5. The molecular weight excluding hydrogens is 282 g/mol. The number of carbonyl (C=O) groups is 1. The summed E-state index contributed by atoms with van der Waals surface area (Å²) in [5.74, 6) is 0.457. The van der Waals surface area contributed by atoms with E-state index >= 15 is 0 Å². The normalized spacial score (nSPS) is 10.2. The molecule has 2 rings (SSSR count). The van der Waals surface area contributed by atoms with Gasteiger partial charge in [-0.05, 0) is 30.2 Å². The molecule has 6 nitrogen and oxygen atoms in total. The highest BCUT2D eigenvalue weighted by Gasteiger charge is 2.04. The molecule has 6 heteroatoms. The summed E-state index contributed by atoms with van der Waals surface area (Å²) in [5.41, 5.74) is 1.74. The van der Waals surface area contributed by atoms with E-state index in [1.165, 1.54) is 0 Å². The van der Waals surface area contributed by atoms with Crippen LogP contribution in [0.4, 0.5) is 5.69 Å². The maximum atomic E-state index is 11.9. The molecule has 22 heavy (non-hydrogen) atoms. The van der Waals surface area contributed by atoms with Crippen molar-refractivity contribution in [3.8, 4) is 5.88 Å². The lowest BCUT2D eigenvalue weighted by atomic mass is 10.1. The van der Waals surface area contributed by atoms with Gasteiger partial charge in [-0.15, -0.1) is 0 Å². The van der Waals surface area contributed by atoms with Gasteiger partial charge in [0.25, 0.3) is 0 Å². The van der Waals surface area contributed by atoms with Gasteiger partial charge in [-0.2, -0.15) is 0 Å². The summed E-state index contributed by atoms with van der Waals surface area (Å²) in [6, 6.07) is 7.29. The van der Waals surface area contributed by atoms with E-state index in [4.69, 9.17) is 9.47 Å². The second-order valence-corrected chi connectivity index (χ2v) is 4.63. The Morgan fingerprint density at radius 1 is 1.18 bits per heavy atom. The van der Waals surface area contributed by atoms with Crippen LogP contribution in [0, 0.1) is 0 Å². The average molecular weight is 301 g/mol. The molecule has 0 aromatic carbocycles. The van der Waals surface area contributed by atoms with E-state index in [0.29, 0.717) is 37.6 Å². The first-order chi connectivity index (χ1) is 10.8. The van der Waals surface area contributed by atoms with Gasteiger partial charge in [-0.3, -0.25) is 9.78 Å². The predicted octanol–water partition coefficient (Wildman–Crippen LogP) is 2.07. The fraction of sp³-hybridized carbons (Fsp3) is 0.312. The van der Waals surface area contributed by atoms with Gasteiger partial charge in [-0.25, -0.2) is 4.98 Å². The molecular formula is C16H19N3O3. The van der Waals surface area contributed by atoms with Gasteiger partial charge in [0.2, 0.25) is 11.8 Å². The molecule has 0 saturated carbocycles. The van der Waals surface area contributed by atoms with E-state index in [0.717, 1.165) is 5.56 Å². The van der Waals surface area contributed by atoms with E-state index in [1.54, 1.807) is 37.8 Å². The lowest BCUT2D eigenvalue weighted by Crippen LogP contribution is -2.12. The topological polar surface area (TPSA) is 73.3 Å². The van der Waals surface area contributed by atoms with Crippen molar-refractivity contribution in [2.45, 2.75) is 12.8 Å². The Kier molecular flexibility index (Phi) is 6.32. The zero-order valence-corrected chi connectivity index (χ0v) is 12.5. The zero-order chi connectivity index (χ0) is 15.6. The van der Waals surface area contributed by atoms with Crippen LogP contribution in [0.3, 0.4) is 0 Å². The monoisotopic (exact) mass is 301 g/mol. The van der Waals surface area contributed by atoms with Crippen molar-refractivity contribution in [1.29, 1.82) is 0 Å². The fourth-order valence-corrected chi connectivity index (χ4v) is 1.80. The quantitative estimate of drug-likeness (QED) is 0.756. The first kappa shape index (κ1) is 15.9. The largest absolute Gasteiger partial charge is 0.475 e. The van der Waals surface area contributed by atoms with Crippen LogP contribution in [0.2, 0.25) is 0 Å². The smallest absolute Gasteiger partial charge is 0.224 e. The standard InChI is InChI=1S/C16H19N3O3/c1-21-10-11-22-16-5-3-14(12-18-16)19-15(20)4-2-13-6-8-17-9-7-13/h3,5-9,12H,2,4,10-11H2,1H3,(H,19,20). The summed E-state index contributed by atoms with van der Waals surface area (Å²) in [7, 11) is 1.61. The van der Waals surface area contributed by atoms with Crippen LogP contribution in [-0.2, 0) is 16.0 Å². The van der Waals surface area contributed by atoms with Gasteiger partial charge in [-0.1, -0.05) is 0 Å². The number of ether oxygens (including phenoxy) is 2. The summed E-state index contributed by atoms with van der Waals surface area (Å²) in [6.07, 6.45) is 6.11. The summed E-state index contributed by atoms with van der Waals surface area (Å²) in [5, 5.41) is 2.81. The third kappa shape index (κ3) is 5.49. The minimum atomic E-state index is -0.0494. The molecule has 0 unspecified atom stereocenters. The summed E-state index contributed by atoms with van der Waals surface area (Å²) < 4.78 is 10.2. The van der Waals surface area contributed by atoms with Gasteiger partial charge in [0.15, 0.2) is 0 Å². The molecule has 0 atom stereocenters. The molecule has 0 aliphatic rings. The van der Waals surface area contributed by atoms with E-state index in [1.807, 2.05) is 12.1 Å². The number of aromatic nitrogens is 2. The Hall–Kier alpha value is -2.47. The molecule has 1 amide bonds. The lowest BCUT2D eigenvalue weighted by Gasteiger charge is -2.07. The van der Waals surface area contributed by atoms with Crippen LogP contribution in [0.1, 0.15) is 12.0 Å². The van der Waals surface area contributed by atoms with E-state index < -0.39 is 0 Å². The first-order valence-corrected chi connectivity index (χ1v) is 7.04. The SMILES string of the molecule is COCCOc1ccc(NC(=O)CCc2ccncc2)cn1. The molecule has 0 radical (unpaired) electrons. The molecule has 0 spiro atoms. The molecule has 0 saturated heterocycles. The highest BCUT2D eigenvalue weighted by atomic mass is 16.5. The number of anilines is 1. The van der Waals surface area contributed by atoms with Crippen LogP contribution in [0.25, 0.3) is 0 Å². The molecule has 116 valence electrons. The predicted molar refractivity (Wildman–Crippen MR) is 82.8 cm³/mol. The van der Waals surface area contributed by atoms with Crippen LogP contribution < -0.4 is 10.1 Å². The molecule has 2 heterocycles. The van der Waals surface area contributed by atoms with Crippen molar-refractivity contribution in [2.75, 3.05) is 25.6 Å². The number of amides is 1. The van der Waals surface area contributed by atoms with Gasteiger partial charge in [0.05, 0.1) is 18.5 Å². The van der Waals surface area contributed by atoms with Crippen molar-refractivity contribution < 1.29 is 14.3 Å². The van der Waals surface area contributed by atoms with E-state index in [9.17, 15) is 4.79 Å². The van der Waals surface area contributed by atoms with E-state index in [2.05, 4.69) is 15.3 Å². The van der Waals surface area contributed by atoms with Crippen molar-refractivity contribution in [1.82, 2.24) is 9.97 Å². The minimum absolute atomic E-state index is 0.0494. The molecule has 0 aliphatic carbocycles. The van der Waals surface area contributed by atoms with Gasteiger partial charge < -0.3 is 14.8 Å². The van der Waals surface area contributed by atoms with Gasteiger partial charge in [0.1, 0.15) is 6.61 Å². The maximum absolute atomic E-state index is 11.9. The van der Waals surface area contributed by atoms with Crippen LogP contribution >= 0.6 is 0 Å². The first-order valence-electron chi connectivity index (χ1n) is 7.04. The minimum Gasteiger partial charge on any atom is -0.475 e. The molecule has 2 aromatic rings. The molecule has 0 bridgehead atoms. The lowest BCUT2D eigenvalue weighted by molar-refractivity contribution is -0.116. The number of methoxy groups -OCH3 is 1. The summed E-state index contributed by atoms with van der Waals surface area (Å²) in [6.45, 7) is 0.955. The number of aryl methyl sites for hydroxylation is 1. The number of pyridine rings is 2. The third-order valence-electron chi connectivity index (χ3n) is 2.95. The Bertz CT molecular complexity index is 573. The van der Waals surface area contributed by atoms with E-state index in [-0.39, 0.29) is 5.91 Å². The van der Waals surface area contributed by atoms with Crippen LogP contribution in [0.5, 0.6) is 5.88 Å². The third-order valence-corrected chi connectivity index (χ3v) is 2.95. The van der Waals surface area contributed by atoms with Crippen molar-refractivity contribution in [3.63, 3.8) is 0 Å². The number of hydrogen-bond donors (Lipinski definition) is 1. The summed E-state index contributed by atoms with van der Waals surface area (Å²) in [4.78, 5) is 19.9. The number of nitrogens with one attached hydrogen (secondary N) is 1.